The number of allylic oxidation sites excluding steroid dienone is 3. The summed E-state index contributed by atoms with van der Waals surface area (Å²) >= 11 is 13.9. The molecular formula is C23H28Cl2N2OS. The molecule has 2 rings (SSSR count). The van der Waals surface area contributed by atoms with E-state index >= 15 is 0 Å². The normalized spacial score (nSPS) is 16.0. The number of aliphatic hydroxyl groups excluding tert-OH is 1. The molecule has 29 heavy (non-hydrogen) atoms. The Morgan fingerprint density at radius 1 is 1.41 bits per heavy atom. The van der Waals surface area contributed by atoms with Crippen molar-refractivity contribution in [3.8, 4) is 0 Å². The highest BCUT2D eigenvalue weighted by atomic mass is 35.5. The van der Waals surface area contributed by atoms with Crippen molar-refractivity contribution in [1.29, 1.82) is 0 Å². The minimum atomic E-state index is -0.621. The van der Waals surface area contributed by atoms with E-state index in [1.807, 2.05) is 49.5 Å². The minimum Gasteiger partial charge on any atom is -0.388 e. The predicted molar refractivity (Wildman–Crippen MR) is 128 cm³/mol. The van der Waals surface area contributed by atoms with Crippen LogP contribution in [0.2, 0.25) is 4.34 Å². The van der Waals surface area contributed by atoms with Gasteiger partial charge in [0.05, 0.1) is 10.4 Å². The number of hydrogen-bond donors (Lipinski definition) is 2. The van der Waals surface area contributed by atoms with Crippen molar-refractivity contribution < 1.29 is 5.11 Å². The van der Waals surface area contributed by atoms with Crippen LogP contribution in [0.4, 0.5) is 0 Å². The summed E-state index contributed by atoms with van der Waals surface area (Å²) in [7, 11) is 1.95. The monoisotopic (exact) mass is 450 g/mol. The van der Waals surface area contributed by atoms with E-state index in [9.17, 15) is 5.11 Å². The Morgan fingerprint density at radius 3 is 2.79 bits per heavy atom. The molecule has 156 valence electrons. The molecule has 0 amide bonds. The molecule has 1 atom stereocenters. The van der Waals surface area contributed by atoms with Crippen LogP contribution in [0.15, 0.2) is 77.8 Å². The van der Waals surface area contributed by atoms with Gasteiger partial charge in [-0.25, -0.2) is 0 Å². The average molecular weight is 451 g/mol. The Morgan fingerprint density at radius 2 is 2.17 bits per heavy atom. The molecule has 1 aliphatic carbocycles. The maximum Gasteiger partial charge on any atom is 0.0934 e. The molecule has 0 aliphatic heterocycles. The van der Waals surface area contributed by atoms with Crippen molar-refractivity contribution in [2.24, 2.45) is 0 Å². The van der Waals surface area contributed by atoms with Crippen molar-refractivity contribution >= 4 is 40.1 Å². The summed E-state index contributed by atoms with van der Waals surface area (Å²) in [6.07, 6.45) is 11.3. The third-order valence-corrected chi connectivity index (χ3v) is 6.19. The first kappa shape index (κ1) is 23.6. The fourth-order valence-electron chi connectivity index (χ4n) is 2.85. The van der Waals surface area contributed by atoms with Gasteiger partial charge in [-0.15, -0.1) is 17.9 Å². The van der Waals surface area contributed by atoms with Crippen LogP contribution in [-0.4, -0.2) is 29.7 Å². The maximum absolute atomic E-state index is 10.7. The number of likely N-dealkylation sites (N-methyl/N-ethyl adjacent to an activating group) is 1. The lowest BCUT2D eigenvalue weighted by atomic mass is 10.0. The fourth-order valence-corrected chi connectivity index (χ4v) is 4.14. The number of nitrogens with zero attached hydrogens (tertiary/aromatic N) is 1. The van der Waals surface area contributed by atoms with E-state index in [0.717, 1.165) is 45.2 Å². The summed E-state index contributed by atoms with van der Waals surface area (Å²) in [6.45, 7) is 10.5. The molecule has 1 aliphatic rings. The smallest absolute Gasteiger partial charge is 0.0934 e. The van der Waals surface area contributed by atoms with Gasteiger partial charge in [0.1, 0.15) is 0 Å². The largest absolute Gasteiger partial charge is 0.388 e. The molecule has 0 saturated carbocycles. The van der Waals surface area contributed by atoms with Gasteiger partial charge in [-0.05, 0) is 60.9 Å². The fraction of sp³-hybridized carbons (Fsp3) is 0.304. The lowest BCUT2D eigenvalue weighted by Gasteiger charge is -2.23. The Bertz CT molecular complexity index is 864. The van der Waals surface area contributed by atoms with Crippen molar-refractivity contribution in [3.05, 3.63) is 87.0 Å². The van der Waals surface area contributed by atoms with Crippen molar-refractivity contribution in [2.75, 3.05) is 13.6 Å². The minimum absolute atomic E-state index is 0.461. The van der Waals surface area contributed by atoms with Gasteiger partial charge in [-0.3, -0.25) is 0 Å². The molecule has 1 aromatic heterocycles. The third-order valence-electron chi connectivity index (χ3n) is 4.59. The Labute approximate surface area is 188 Å². The lowest BCUT2D eigenvalue weighted by molar-refractivity contribution is 0.216. The Kier molecular flexibility index (Phi) is 9.31. The number of nitrogens with one attached hydrogen (secondary N) is 1. The van der Waals surface area contributed by atoms with Crippen LogP contribution >= 0.6 is 34.5 Å². The van der Waals surface area contributed by atoms with Gasteiger partial charge >= 0.3 is 0 Å². The first-order valence-corrected chi connectivity index (χ1v) is 11.0. The van der Waals surface area contributed by atoms with Crippen molar-refractivity contribution in [1.82, 2.24) is 10.2 Å². The third kappa shape index (κ3) is 7.23. The second-order valence-electron chi connectivity index (χ2n) is 6.91. The SMILES string of the molecule is C=CCN/C=C(\C)C(O)C/C(=C\N(C)C(=C)C1=CCCC(Cl)=C1)c1ccc(Cl)s1. The van der Waals surface area contributed by atoms with E-state index in [0.29, 0.717) is 17.3 Å². The van der Waals surface area contributed by atoms with E-state index in [1.54, 1.807) is 6.08 Å². The maximum atomic E-state index is 10.7. The molecule has 2 N–H and O–H groups in total. The molecule has 1 heterocycles. The van der Waals surface area contributed by atoms with Gasteiger partial charge in [0.2, 0.25) is 0 Å². The standard InChI is InChI=1S/C23H28Cl2N2OS/c1-5-11-26-14-16(2)21(28)13-19(22-9-10-23(25)29-22)15-27(4)17(3)18-7-6-8-20(24)12-18/h5,7,9-10,12,14-15,21,26,28H,1,3,6,8,11,13H2,2,4H3/b16-14+,19-15+. The number of thiophene rings is 1. The van der Waals surface area contributed by atoms with Crippen LogP contribution in [0.5, 0.6) is 0 Å². The highest BCUT2D eigenvalue weighted by Gasteiger charge is 2.16. The molecule has 0 radical (unpaired) electrons. The number of halogens is 2. The van der Waals surface area contributed by atoms with Crippen LogP contribution < -0.4 is 5.32 Å². The summed E-state index contributed by atoms with van der Waals surface area (Å²) in [5.74, 6) is 0. The molecule has 0 saturated heterocycles. The van der Waals surface area contributed by atoms with E-state index in [4.69, 9.17) is 23.2 Å². The van der Waals surface area contributed by atoms with Crippen LogP contribution in [0.3, 0.4) is 0 Å². The molecule has 0 fully saturated rings. The first-order chi connectivity index (χ1) is 13.8. The predicted octanol–water partition coefficient (Wildman–Crippen LogP) is 6.46. The molecular weight excluding hydrogens is 423 g/mol. The zero-order valence-electron chi connectivity index (χ0n) is 16.9. The highest BCUT2D eigenvalue weighted by Crippen LogP contribution is 2.33. The molecule has 1 aromatic rings. The average Bonchev–Trinajstić information content (AvgIpc) is 3.13. The van der Waals surface area contributed by atoms with E-state index in [1.165, 1.54) is 11.3 Å². The highest BCUT2D eigenvalue weighted by molar-refractivity contribution is 7.17. The topological polar surface area (TPSA) is 35.5 Å². The molecule has 0 aromatic carbocycles. The van der Waals surface area contributed by atoms with Crippen LogP contribution in [0.1, 0.15) is 31.1 Å². The van der Waals surface area contributed by atoms with Crippen LogP contribution in [0.25, 0.3) is 5.57 Å². The molecule has 0 spiro atoms. The second-order valence-corrected chi connectivity index (χ2v) is 9.11. The molecule has 1 unspecified atom stereocenters. The number of aliphatic hydroxyl groups is 1. The quantitative estimate of drug-likeness (QED) is 0.317. The zero-order chi connectivity index (χ0) is 21.4. The van der Waals surface area contributed by atoms with Crippen molar-refractivity contribution in [3.63, 3.8) is 0 Å². The molecule has 0 bridgehead atoms. The number of rotatable bonds is 10. The lowest BCUT2D eigenvalue weighted by Crippen LogP contribution is -2.16. The van der Waals surface area contributed by atoms with Crippen molar-refractivity contribution in [2.45, 2.75) is 32.3 Å². The van der Waals surface area contributed by atoms with Gasteiger partial charge in [0.25, 0.3) is 0 Å². The van der Waals surface area contributed by atoms with Crippen LogP contribution in [0, 0.1) is 0 Å². The van der Waals surface area contributed by atoms with Gasteiger partial charge in [-0.2, -0.15) is 0 Å². The van der Waals surface area contributed by atoms with E-state index < -0.39 is 6.10 Å². The molecule has 6 heteroatoms. The van der Waals surface area contributed by atoms with Crippen LogP contribution in [-0.2, 0) is 0 Å². The Hall–Kier alpha value is -1.72. The summed E-state index contributed by atoms with van der Waals surface area (Å²) in [6, 6.07) is 3.85. The zero-order valence-corrected chi connectivity index (χ0v) is 19.2. The molecule has 3 nitrogen and oxygen atoms in total. The van der Waals surface area contributed by atoms with E-state index in [-0.39, 0.29) is 0 Å². The number of hydrogen-bond acceptors (Lipinski definition) is 4. The summed E-state index contributed by atoms with van der Waals surface area (Å²) < 4.78 is 0.714. The van der Waals surface area contributed by atoms with E-state index in [2.05, 4.69) is 24.6 Å². The second kappa shape index (κ2) is 11.5. The first-order valence-electron chi connectivity index (χ1n) is 9.45. The van der Waals surface area contributed by atoms with Gasteiger partial charge in [0.15, 0.2) is 0 Å². The summed E-state index contributed by atoms with van der Waals surface area (Å²) in [5, 5.41) is 14.7. The van der Waals surface area contributed by atoms with Gasteiger partial charge in [-0.1, -0.05) is 41.9 Å². The summed E-state index contributed by atoms with van der Waals surface area (Å²) in [4.78, 5) is 2.99. The summed E-state index contributed by atoms with van der Waals surface area (Å²) in [5.41, 5.74) is 3.72. The Balaban J connectivity index is 2.23. The van der Waals surface area contributed by atoms with Gasteiger partial charge in [0, 0.05) is 41.8 Å². The van der Waals surface area contributed by atoms with Gasteiger partial charge < -0.3 is 15.3 Å².